The highest BCUT2D eigenvalue weighted by atomic mass is 35.5. The van der Waals surface area contributed by atoms with Gasteiger partial charge in [-0.1, -0.05) is 17.7 Å². The molecule has 0 aliphatic rings. The van der Waals surface area contributed by atoms with Gasteiger partial charge in [0.15, 0.2) is 0 Å². The lowest BCUT2D eigenvalue weighted by molar-refractivity contribution is 0.202. The Morgan fingerprint density at radius 2 is 2.08 bits per heavy atom. The summed E-state index contributed by atoms with van der Waals surface area (Å²) < 4.78 is 5.13. The maximum absolute atomic E-state index is 12.7. The number of pyridine rings is 1. The highest BCUT2D eigenvalue weighted by Gasteiger charge is 2.16. The van der Waals surface area contributed by atoms with Crippen LogP contribution in [0.5, 0.6) is 5.75 Å². The first-order valence-corrected chi connectivity index (χ1v) is 8.30. The number of rotatable bonds is 7. The smallest absolute Gasteiger partial charge is 0.322 e. The Balaban J connectivity index is 2.11. The number of methoxy groups -OCH3 is 1. The molecular formula is C18H23ClN4O2. The molecule has 25 heavy (non-hydrogen) atoms. The highest BCUT2D eigenvalue weighted by molar-refractivity contribution is 6.33. The number of amides is 2. The molecule has 1 aromatic carbocycles. The number of likely N-dealkylation sites (N-methyl/N-ethyl adjacent to an activating group) is 1. The molecule has 6 nitrogen and oxygen atoms in total. The Hall–Kier alpha value is -2.31. The Kier molecular flexibility index (Phi) is 7.03. The molecule has 0 atom stereocenters. The highest BCUT2D eigenvalue weighted by Crippen LogP contribution is 2.26. The number of hydrogen-bond acceptors (Lipinski definition) is 4. The number of anilines is 1. The standard InChI is InChI=1S/C18H23ClN4O2/c1-22(2)9-10-23(13-14-5-4-8-20-12-14)18(24)21-17-7-6-15(25-3)11-16(17)19/h4-8,11-12H,9-10,13H2,1-3H3,(H,21,24). The average molecular weight is 363 g/mol. The van der Waals surface area contributed by atoms with Gasteiger partial charge in [-0.15, -0.1) is 0 Å². The van der Waals surface area contributed by atoms with Crippen LogP contribution in [0.1, 0.15) is 5.56 Å². The summed E-state index contributed by atoms with van der Waals surface area (Å²) in [6.45, 7) is 1.81. The van der Waals surface area contributed by atoms with Gasteiger partial charge >= 0.3 is 6.03 Å². The van der Waals surface area contributed by atoms with E-state index < -0.39 is 0 Å². The predicted molar refractivity (Wildman–Crippen MR) is 100 cm³/mol. The molecule has 0 aliphatic carbocycles. The second kappa shape index (κ2) is 9.25. The van der Waals surface area contributed by atoms with Gasteiger partial charge in [-0.05, 0) is 37.9 Å². The zero-order valence-corrected chi connectivity index (χ0v) is 15.5. The van der Waals surface area contributed by atoms with E-state index in [0.29, 0.717) is 29.5 Å². The molecule has 0 saturated carbocycles. The normalized spacial score (nSPS) is 10.6. The van der Waals surface area contributed by atoms with Crippen molar-refractivity contribution in [3.8, 4) is 5.75 Å². The van der Waals surface area contributed by atoms with Crippen LogP contribution in [0.4, 0.5) is 10.5 Å². The molecule has 0 fully saturated rings. The molecule has 0 radical (unpaired) electrons. The summed E-state index contributed by atoms with van der Waals surface area (Å²) in [7, 11) is 5.52. The van der Waals surface area contributed by atoms with Crippen molar-refractivity contribution in [2.75, 3.05) is 39.6 Å². The maximum Gasteiger partial charge on any atom is 0.322 e. The lowest BCUT2D eigenvalue weighted by atomic mass is 10.2. The van der Waals surface area contributed by atoms with E-state index in [1.165, 1.54) is 0 Å². The van der Waals surface area contributed by atoms with Gasteiger partial charge in [-0.2, -0.15) is 0 Å². The fourth-order valence-corrected chi connectivity index (χ4v) is 2.42. The summed E-state index contributed by atoms with van der Waals surface area (Å²) in [6.07, 6.45) is 3.47. The topological polar surface area (TPSA) is 57.7 Å². The van der Waals surface area contributed by atoms with E-state index >= 15 is 0 Å². The van der Waals surface area contributed by atoms with Gasteiger partial charge in [0.1, 0.15) is 5.75 Å². The van der Waals surface area contributed by atoms with Crippen LogP contribution in [0.15, 0.2) is 42.7 Å². The number of nitrogens with one attached hydrogen (secondary N) is 1. The molecule has 2 rings (SSSR count). The van der Waals surface area contributed by atoms with Crippen LogP contribution >= 0.6 is 11.6 Å². The van der Waals surface area contributed by atoms with Crippen LogP contribution in [-0.2, 0) is 6.54 Å². The molecule has 1 aromatic heterocycles. The van der Waals surface area contributed by atoms with Gasteiger partial charge in [-0.25, -0.2) is 4.79 Å². The van der Waals surface area contributed by atoms with Crippen molar-refractivity contribution in [2.45, 2.75) is 6.54 Å². The molecule has 0 aliphatic heterocycles. The lowest BCUT2D eigenvalue weighted by Gasteiger charge is -2.25. The van der Waals surface area contributed by atoms with E-state index in [0.717, 1.165) is 12.1 Å². The molecule has 0 unspecified atom stereocenters. The number of urea groups is 1. The number of carbonyl (C=O) groups is 1. The maximum atomic E-state index is 12.7. The second-order valence-corrected chi connectivity index (χ2v) is 6.27. The van der Waals surface area contributed by atoms with Crippen LogP contribution in [0, 0.1) is 0 Å². The lowest BCUT2D eigenvalue weighted by Crippen LogP contribution is -2.39. The summed E-state index contributed by atoms with van der Waals surface area (Å²) in [5.41, 5.74) is 1.52. The monoisotopic (exact) mass is 362 g/mol. The number of hydrogen-bond donors (Lipinski definition) is 1. The van der Waals surface area contributed by atoms with Gasteiger partial charge in [0.2, 0.25) is 0 Å². The molecular weight excluding hydrogens is 340 g/mol. The molecule has 0 saturated heterocycles. The molecule has 2 aromatic rings. The Labute approximate surface area is 153 Å². The minimum absolute atomic E-state index is 0.210. The van der Waals surface area contributed by atoms with Crippen LogP contribution < -0.4 is 10.1 Å². The Morgan fingerprint density at radius 1 is 1.28 bits per heavy atom. The molecule has 7 heteroatoms. The van der Waals surface area contributed by atoms with E-state index in [2.05, 4.69) is 10.3 Å². The third kappa shape index (κ3) is 5.92. The minimum Gasteiger partial charge on any atom is -0.497 e. The third-order valence-electron chi connectivity index (χ3n) is 3.62. The predicted octanol–water partition coefficient (Wildman–Crippen LogP) is 3.34. The SMILES string of the molecule is COc1ccc(NC(=O)N(CCN(C)C)Cc2cccnc2)c(Cl)c1. The zero-order chi connectivity index (χ0) is 18.2. The number of benzene rings is 1. The van der Waals surface area contributed by atoms with Gasteiger partial charge in [-0.3, -0.25) is 4.98 Å². The fourth-order valence-electron chi connectivity index (χ4n) is 2.20. The number of halogens is 1. The molecule has 134 valence electrons. The number of ether oxygens (including phenoxy) is 1. The van der Waals surface area contributed by atoms with E-state index in [4.69, 9.17) is 16.3 Å². The molecule has 0 spiro atoms. The molecule has 1 heterocycles. The van der Waals surface area contributed by atoms with Crippen molar-refractivity contribution in [2.24, 2.45) is 0 Å². The van der Waals surface area contributed by atoms with Crippen LogP contribution in [0.3, 0.4) is 0 Å². The van der Waals surface area contributed by atoms with E-state index in [1.807, 2.05) is 31.1 Å². The number of carbonyl (C=O) groups excluding carboxylic acids is 1. The summed E-state index contributed by atoms with van der Waals surface area (Å²) in [5.74, 6) is 0.642. The van der Waals surface area contributed by atoms with Crippen molar-refractivity contribution in [1.29, 1.82) is 0 Å². The molecule has 1 N–H and O–H groups in total. The van der Waals surface area contributed by atoms with Gasteiger partial charge in [0, 0.05) is 38.1 Å². The first-order valence-electron chi connectivity index (χ1n) is 7.92. The first kappa shape index (κ1) is 19.0. The molecule has 2 amide bonds. The summed E-state index contributed by atoms with van der Waals surface area (Å²) >= 11 is 6.21. The van der Waals surface area contributed by atoms with Crippen molar-refractivity contribution < 1.29 is 9.53 Å². The largest absolute Gasteiger partial charge is 0.497 e. The number of aromatic nitrogens is 1. The van der Waals surface area contributed by atoms with Crippen molar-refractivity contribution in [3.63, 3.8) is 0 Å². The summed E-state index contributed by atoms with van der Waals surface area (Å²) in [4.78, 5) is 20.6. The van der Waals surface area contributed by atoms with Gasteiger partial charge < -0.3 is 19.9 Å². The van der Waals surface area contributed by atoms with Crippen LogP contribution in [0.2, 0.25) is 5.02 Å². The van der Waals surface area contributed by atoms with Crippen molar-refractivity contribution in [1.82, 2.24) is 14.8 Å². The second-order valence-electron chi connectivity index (χ2n) is 5.86. The van der Waals surface area contributed by atoms with Crippen molar-refractivity contribution in [3.05, 3.63) is 53.3 Å². The van der Waals surface area contributed by atoms with Gasteiger partial charge in [0.05, 0.1) is 17.8 Å². The van der Waals surface area contributed by atoms with E-state index in [1.54, 1.807) is 42.6 Å². The first-order chi connectivity index (χ1) is 12.0. The fraction of sp³-hybridized carbons (Fsp3) is 0.333. The molecule has 0 bridgehead atoms. The summed E-state index contributed by atoms with van der Waals surface area (Å²) in [5, 5.41) is 3.30. The number of nitrogens with zero attached hydrogens (tertiary/aromatic N) is 3. The van der Waals surface area contributed by atoms with E-state index in [9.17, 15) is 4.79 Å². The quantitative estimate of drug-likeness (QED) is 0.820. The Morgan fingerprint density at radius 3 is 2.68 bits per heavy atom. The third-order valence-corrected chi connectivity index (χ3v) is 3.93. The zero-order valence-electron chi connectivity index (χ0n) is 14.7. The van der Waals surface area contributed by atoms with E-state index in [-0.39, 0.29) is 6.03 Å². The van der Waals surface area contributed by atoms with Crippen molar-refractivity contribution >= 4 is 23.3 Å². The summed E-state index contributed by atoms with van der Waals surface area (Å²) in [6, 6.07) is 8.75. The van der Waals surface area contributed by atoms with Crippen LogP contribution in [-0.4, -0.2) is 55.1 Å². The van der Waals surface area contributed by atoms with Crippen LogP contribution in [0.25, 0.3) is 0 Å². The van der Waals surface area contributed by atoms with Gasteiger partial charge in [0.25, 0.3) is 0 Å². The average Bonchev–Trinajstić information content (AvgIpc) is 2.60. The minimum atomic E-state index is -0.210. The Bertz CT molecular complexity index is 695.